The molecule has 4 aromatic carbocycles. The van der Waals surface area contributed by atoms with Gasteiger partial charge in [-0.25, -0.2) is 0 Å². The molecule has 5 aromatic rings. The van der Waals surface area contributed by atoms with E-state index in [-0.39, 0.29) is 5.75 Å². The van der Waals surface area contributed by atoms with E-state index in [2.05, 4.69) is 37.5 Å². The van der Waals surface area contributed by atoms with Gasteiger partial charge in [-0.05, 0) is 90.8 Å². The Kier molecular flexibility index (Phi) is 5.18. The Balaban J connectivity index is 1.87. The van der Waals surface area contributed by atoms with Crippen LogP contribution in [0.4, 0.5) is 0 Å². The first-order chi connectivity index (χ1) is 16.7. The first kappa shape index (κ1) is 22.7. The van der Waals surface area contributed by atoms with Crippen molar-refractivity contribution in [2.24, 2.45) is 0 Å². The van der Waals surface area contributed by atoms with E-state index in [0.717, 1.165) is 71.8 Å². The van der Waals surface area contributed by atoms with Crippen molar-refractivity contribution in [3.05, 3.63) is 76.3 Å². The van der Waals surface area contributed by atoms with Crippen molar-refractivity contribution in [1.82, 2.24) is 4.57 Å². The van der Waals surface area contributed by atoms with Gasteiger partial charge in [-0.2, -0.15) is 5.26 Å². The van der Waals surface area contributed by atoms with Crippen LogP contribution < -0.4 is 10.9 Å². The molecule has 170 valence electrons. The Hall–Kier alpha value is -4.10. The maximum atomic E-state index is 11.4. The maximum Gasteiger partial charge on any atom is 0.147 e. The van der Waals surface area contributed by atoms with Gasteiger partial charge in [0.15, 0.2) is 0 Å². The normalized spacial score (nSPS) is 11.3. The van der Waals surface area contributed by atoms with E-state index in [1.54, 1.807) is 0 Å². The molecule has 0 saturated heterocycles. The summed E-state index contributed by atoms with van der Waals surface area (Å²) in [6, 6.07) is 17.9. The lowest BCUT2D eigenvalue weighted by Crippen LogP contribution is -2.13. The highest BCUT2D eigenvalue weighted by atomic mass is 16.3. The van der Waals surface area contributed by atoms with Crippen molar-refractivity contribution in [2.75, 3.05) is 0 Å². The Morgan fingerprint density at radius 2 is 1.20 bits per heavy atom. The van der Waals surface area contributed by atoms with Crippen molar-refractivity contribution < 1.29 is 10.2 Å². The Bertz CT molecular complexity index is 1630. The highest BCUT2D eigenvalue weighted by Crippen LogP contribution is 2.42. The highest BCUT2D eigenvalue weighted by molar-refractivity contribution is 6.43. The summed E-state index contributed by atoms with van der Waals surface area (Å²) in [6.07, 6.45) is 0. The zero-order valence-corrected chi connectivity index (χ0v) is 20.9. The topological polar surface area (TPSA) is 69.2 Å². The van der Waals surface area contributed by atoms with E-state index in [1.807, 2.05) is 65.0 Å². The molecule has 0 aliphatic rings. The summed E-state index contributed by atoms with van der Waals surface area (Å²) >= 11 is 0. The van der Waals surface area contributed by atoms with Gasteiger partial charge >= 0.3 is 0 Å². The van der Waals surface area contributed by atoms with E-state index in [4.69, 9.17) is 5.26 Å². The SMILES string of the molecule is Bc1c(C)c(O)c2c(c1C)c1c(C)c(C)c(O)c(B)c1n2-c1ccc(-c2ccc(C#N)cc2)cc1. The number of nitrogens with zero attached hydrogens (tertiary/aromatic N) is 2. The average Bonchev–Trinajstić information content (AvgIpc) is 3.25. The molecule has 0 fully saturated rings. The summed E-state index contributed by atoms with van der Waals surface area (Å²) in [4.78, 5) is 0. The molecule has 1 heterocycles. The second-order valence-corrected chi connectivity index (χ2v) is 9.47. The summed E-state index contributed by atoms with van der Waals surface area (Å²) in [5.41, 5.74) is 11.1. The number of aryl methyl sites for hydroxylation is 2. The number of nitriles is 1. The smallest absolute Gasteiger partial charge is 0.147 e. The summed E-state index contributed by atoms with van der Waals surface area (Å²) in [6.45, 7) is 8.05. The quantitative estimate of drug-likeness (QED) is 0.400. The number of aromatic nitrogens is 1. The summed E-state index contributed by atoms with van der Waals surface area (Å²) in [5.74, 6) is 0.560. The standard InChI is InChI=1S/C29H26B2N2O2/c1-14-15(2)28(34)25(31)26-22(14)23-16(3)24(30)17(4)29(35)27(23)33(26)21-11-9-20(10-12-21)19-7-5-18(13-32)6-8-19/h5-12,34-35H,30-31H2,1-4H3. The number of rotatable bonds is 2. The Morgan fingerprint density at radius 3 is 1.77 bits per heavy atom. The molecule has 35 heavy (non-hydrogen) atoms. The fourth-order valence-electron chi connectivity index (χ4n) is 5.26. The van der Waals surface area contributed by atoms with Gasteiger partial charge < -0.3 is 14.8 Å². The monoisotopic (exact) mass is 456 g/mol. The number of phenolic OH excluding ortho intramolecular Hbond substituents is 2. The van der Waals surface area contributed by atoms with Crippen molar-refractivity contribution >= 4 is 48.4 Å². The van der Waals surface area contributed by atoms with Gasteiger partial charge in [0.25, 0.3) is 0 Å². The molecule has 0 spiro atoms. The van der Waals surface area contributed by atoms with Gasteiger partial charge in [0.1, 0.15) is 27.2 Å². The van der Waals surface area contributed by atoms with Crippen molar-refractivity contribution in [1.29, 1.82) is 5.26 Å². The Labute approximate surface area is 206 Å². The Morgan fingerprint density at radius 1 is 0.657 bits per heavy atom. The lowest BCUT2D eigenvalue weighted by Gasteiger charge is -2.15. The second-order valence-electron chi connectivity index (χ2n) is 9.47. The van der Waals surface area contributed by atoms with Crippen LogP contribution >= 0.6 is 0 Å². The predicted octanol–water partition coefficient (Wildman–Crippen LogP) is 3.48. The first-order valence-corrected chi connectivity index (χ1v) is 11.7. The molecule has 0 aliphatic heterocycles. The van der Waals surface area contributed by atoms with Gasteiger partial charge in [0, 0.05) is 16.5 Å². The molecule has 0 radical (unpaired) electrons. The third kappa shape index (κ3) is 3.15. The van der Waals surface area contributed by atoms with Crippen LogP contribution in [0.3, 0.4) is 0 Å². The van der Waals surface area contributed by atoms with Crippen molar-refractivity contribution in [3.63, 3.8) is 0 Å². The molecule has 0 saturated carbocycles. The van der Waals surface area contributed by atoms with Crippen LogP contribution in [0.5, 0.6) is 11.5 Å². The number of hydrogen-bond acceptors (Lipinski definition) is 3. The van der Waals surface area contributed by atoms with E-state index >= 15 is 0 Å². The van der Waals surface area contributed by atoms with Crippen molar-refractivity contribution in [2.45, 2.75) is 27.7 Å². The molecule has 0 atom stereocenters. The first-order valence-electron chi connectivity index (χ1n) is 11.7. The largest absolute Gasteiger partial charge is 0.508 e. The number of aromatic hydroxyl groups is 2. The fraction of sp³-hybridized carbons (Fsp3) is 0.138. The molecule has 0 amide bonds. The number of fused-ring (bicyclic) bond motifs is 3. The van der Waals surface area contributed by atoms with Crippen LogP contribution in [0.1, 0.15) is 27.8 Å². The van der Waals surface area contributed by atoms with Gasteiger partial charge in [0.05, 0.1) is 22.7 Å². The van der Waals surface area contributed by atoms with E-state index < -0.39 is 0 Å². The second kappa shape index (κ2) is 7.99. The summed E-state index contributed by atoms with van der Waals surface area (Å²) in [5, 5.41) is 33.5. The third-order valence-electron chi connectivity index (χ3n) is 7.73. The molecule has 1 aromatic heterocycles. The predicted molar refractivity (Wildman–Crippen MR) is 150 cm³/mol. The van der Waals surface area contributed by atoms with Crippen LogP contribution in [-0.2, 0) is 0 Å². The van der Waals surface area contributed by atoms with E-state index in [0.29, 0.717) is 11.3 Å². The molecule has 0 aliphatic carbocycles. The lowest BCUT2D eigenvalue weighted by molar-refractivity contribution is 0.474. The number of hydrogen-bond donors (Lipinski definition) is 2. The lowest BCUT2D eigenvalue weighted by atomic mass is 9.82. The zero-order valence-electron chi connectivity index (χ0n) is 20.9. The van der Waals surface area contributed by atoms with E-state index in [1.165, 1.54) is 0 Å². The molecular formula is C29H26B2N2O2. The van der Waals surface area contributed by atoms with Gasteiger partial charge in [-0.3, -0.25) is 0 Å². The minimum absolute atomic E-state index is 0.270. The zero-order chi connectivity index (χ0) is 25.2. The van der Waals surface area contributed by atoms with Crippen LogP contribution in [0, 0.1) is 39.0 Å². The number of phenols is 2. The van der Waals surface area contributed by atoms with E-state index in [9.17, 15) is 10.2 Å². The van der Waals surface area contributed by atoms with Gasteiger partial charge in [0.2, 0.25) is 0 Å². The number of benzene rings is 4. The minimum Gasteiger partial charge on any atom is -0.508 e. The molecule has 2 N–H and O–H groups in total. The summed E-state index contributed by atoms with van der Waals surface area (Å²) < 4.78 is 2.09. The average molecular weight is 456 g/mol. The minimum atomic E-state index is 0.270. The molecule has 0 bridgehead atoms. The molecule has 0 unspecified atom stereocenters. The fourth-order valence-corrected chi connectivity index (χ4v) is 5.26. The molecule has 6 heteroatoms. The van der Waals surface area contributed by atoms with Crippen LogP contribution in [0.2, 0.25) is 0 Å². The van der Waals surface area contributed by atoms with Crippen LogP contribution in [-0.4, -0.2) is 30.5 Å². The van der Waals surface area contributed by atoms with Crippen LogP contribution in [0.25, 0.3) is 38.6 Å². The third-order valence-corrected chi connectivity index (χ3v) is 7.73. The summed E-state index contributed by atoms with van der Waals surface area (Å²) in [7, 11) is 3.99. The molecule has 4 nitrogen and oxygen atoms in total. The van der Waals surface area contributed by atoms with Crippen LogP contribution in [0.15, 0.2) is 48.5 Å². The van der Waals surface area contributed by atoms with Gasteiger partial charge in [-0.1, -0.05) is 29.7 Å². The van der Waals surface area contributed by atoms with Crippen molar-refractivity contribution in [3.8, 4) is 34.4 Å². The van der Waals surface area contributed by atoms with Gasteiger partial charge in [-0.15, -0.1) is 0 Å². The molecule has 5 rings (SSSR count). The molecular weight excluding hydrogens is 430 g/mol. The highest BCUT2D eigenvalue weighted by Gasteiger charge is 2.25. The maximum absolute atomic E-state index is 11.4.